The molecular formula is C52H62O2. The van der Waals surface area contributed by atoms with Crippen molar-refractivity contribution in [3.63, 3.8) is 0 Å². The Kier molecular flexibility index (Phi) is 15.8. The van der Waals surface area contributed by atoms with Crippen molar-refractivity contribution in [3.05, 3.63) is 143 Å². The van der Waals surface area contributed by atoms with Gasteiger partial charge in [0.15, 0.2) is 0 Å². The zero-order valence-corrected chi connectivity index (χ0v) is 33.7. The van der Waals surface area contributed by atoms with E-state index in [1.54, 1.807) is 0 Å². The van der Waals surface area contributed by atoms with Crippen molar-refractivity contribution in [3.8, 4) is 33.8 Å². The van der Waals surface area contributed by atoms with Gasteiger partial charge in [-0.15, -0.1) is 0 Å². The molecule has 2 heteroatoms. The Bertz CT molecular complexity index is 1890. The van der Waals surface area contributed by atoms with Gasteiger partial charge in [-0.2, -0.15) is 0 Å². The molecule has 0 N–H and O–H groups in total. The van der Waals surface area contributed by atoms with Gasteiger partial charge >= 0.3 is 0 Å². The molecule has 2 nitrogen and oxygen atoms in total. The molecule has 0 aliphatic rings. The van der Waals surface area contributed by atoms with Gasteiger partial charge in [0.2, 0.25) is 0 Å². The fourth-order valence-electron chi connectivity index (χ4n) is 6.85. The molecule has 5 rings (SSSR count). The van der Waals surface area contributed by atoms with Gasteiger partial charge in [-0.25, -0.2) is 0 Å². The molecule has 282 valence electrons. The van der Waals surface area contributed by atoms with E-state index in [0.29, 0.717) is 11.8 Å². The summed E-state index contributed by atoms with van der Waals surface area (Å²) in [5.41, 5.74) is 12.1. The third kappa shape index (κ3) is 12.1. The molecular weight excluding hydrogens is 657 g/mol. The SMILES string of the molecule is CCCCC(CC)COc1ccc(C=Cc2cc(-c3ccc(-c4ccc(C)cc4)cc3)c(C=Cc3ccc(OCC(CC)CCCC)cc3)cc2C)cc1. The minimum atomic E-state index is 0.619. The van der Waals surface area contributed by atoms with Crippen LogP contribution in [0.1, 0.15) is 112 Å². The lowest BCUT2D eigenvalue weighted by Crippen LogP contribution is -2.11. The van der Waals surface area contributed by atoms with Crippen molar-refractivity contribution in [2.24, 2.45) is 11.8 Å². The van der Waals surface area contributed by atoms with Crippen LogP contribution in [0.3, 0.4) is 0 Å². The maximum atomic E-state index is 6.19. The van der Waals surface area contributed by atoms with Gasteiger partial charge in [0, 0.05) is 0 Å². The topological polar surface area (TPSA) is 18.5 Å². The number of benzene rings is 5. The number of rotatable bonds is 20. The summed E-state index contributed by atoms with van der Waals surface area (Å²) >= 11 is 0. The Labute approximate surface area is 327 Å². The van der Waals surface area contributed by atoms with Crippen LogP contribution < -0.4 is 9.47 Å². The lowest BCUT2D eigenvalue weighted by atomic mass is 9.92. The van der Waals surface area contributed by atoms with Crippen LogP contribution in [0.4, 0.5) is 0 Å². The summed E-state index contributed by atoms with van der Waals surface area (Å²) in [5.74, 6) is 3.13. The summed E-state index contributed by atoms with van der Waals surface area (Å²) < 4.78 is 12.4. The second kappa shape index (κ2) is 21.2. The lowest BCUT2D eigenvalue weighted by Gasteiger charge is -2.15. The first kappa shape index (κ1) is 40.4. The van der Waals surface area contributed by atoms with Gasteiger partial charge < -0.3 is 9.47 Å². The quantitative estimate of drug-likeness (QED) is 0.0746. The summed E-state index contributed by atoms with van der Waals surface area (Å²) in [6.45, 7) is 15.0. The summed E-state index contributed by atoms with van der Waals surface area (Å²) in [6.07, 6.45) is 18.7. The number of hydrogen-bond donors (Lipinski definition) is 0. The maximum Gasteiger partial charge on any atom is 0.119 e. The molecule has 0 saturated carbocycles. The van der Waals surface area contributed by atoms with Crippen LogP contribution in [0.25, 0.3) is 46.6 Å². The van der Waals surface area contributed by atoms with Gasteiger partial charge in [-0.1, -0.05) is 175 Å². The van der Waals surface area contributed by atoms with Crippen molar-refractivity contribution < 1.29 is 9.47 Å². The van der Waals surface area contributed by atoms with E-state index in [4.69, 9.17) is 9.47 Å². The molecule has 0 aliphatic heterocycles. The van der Waals surface area contributed by atoms with E-state index in [-0.39, 0.29) is 0 Å². The van der Waals surface area contributed by atoms with Crippen LogP contribution in [0.2, 0.25) is 0 Å². The highest BCUT2D eigenvalue weighted by Gasteiger charge is 2.10. The molecule has 0 bridgehead atoms. The minimum absolute atomic E-state index is 0.619. The van der Waals surface area contributed by atoms with Crippen molar-refractivity contribution in [1.82, 2.24) is 0 Å². The molecule has 5 aromatic rings. The van der Waals surface area contributed by atoms with Crippen molar-refractivity contribution in [2.75, 3.05) is 13.2 Å². The average Bonchev–Trinajstić information content (AvgIpc) is 3.21. The molecule has 0 amide bonds. The molecule has 0 aromatic heterocycles. The monoisotopic (exact) mass is 718 g/mol. The van der Waals surface area contributed by atoms with Crippen molar-refractivity contribution >= 4 is 24.3 Å². The average molecular weight is 719 g/mol. The van der Waals surface area contributed by atoms with E-state index in [1.165, 1.54) is 83.0 Å². The van der Waals surface area contributed by atoms with Crippen LogP contribution in [0.5, 0.6) is 11.5 Å². The fraction of sp³-hybridized carbons (Fsp3) is 0.346. The second-order valence-corrected chi connectivity index (χ2v) is 15.0. The molecule has 0 radical (unpaired) electrons. The number of aryl methyl sites for hydroxylation is 2. The van der Waals surface area contributed by atoms with E-state index in [1.807, 2.05) is 0 Å². The van der Waals surface area contributed by atoms with E-state index in [2.05, 4.69) is 175 Å². The molecule has 0 saturated heterocycles. The van der Waals surface area contributed by atoms with Crippen LogP contribution in [-0.2, 0) is 0 Å². The first-order valence-corrected chi connectivity index (χ1v) is 20.5. The lowest BCUT2D eigenvalue weighted by molar-refractivity contribution is 0.233. The normalized spacial score (nSPS) is 12.7. The van der Waals surface area contributed by atoms with Gasteiger partial charge in [0.1, 0.15) is 11.5 Å². The van der Waals surface area contributed by atoms with Gasteiger partial charge in [-0.3, -0.25) is 0 Å². The van der Waals surface area contributed by atoms with Gasteiger partial charge in [0.25, 0.3) is 0 Å². The fourth-order valence-corrected chi connectivity index (χ4v) is 6.85. The van der Waals surface area contributed by atoms with Gasteiger partial charge in [0.05, 0.1) is 13.2 Å². The molecule has 2 atom stereocenters. The number of unbranched alkanes of at least 4 members (excludes halogenated alkanes) is 2. The third-order valence-electron chi connectivity index (χ3n) is 10.7. The van der Waals surface area contributed by atoms with Crippen LogP contribution in [-0.4, -0.2) is 13.2 Å². The number of hydrogen-bond acceptors (Lipinski definition) is 2. The summed E-state index contributed by atoms with van der Waals surface area (Å²) in [5, 5.41) is 0. The third-order valence-corrected chi connectivity index (χ3v) is 10.7. The Balaban J connectivity index is 1.36. The van der Waals surface area contributed by atoms with Crippen molar-refractivity contribution in [2.45, 2.75) is 92.9 Å². The zero-order chi connectivity index (χ0) is 38.1. The molecule has 0 fully saturated rings. The van der Waals surface area contributed by atoms with Crippen LogP contribution in [0.15, 0.2) is 109 Å². The standard InChI is InChI=1S/C52H62O2/c1-7-11-13-41(9-3)37-53-50-31-19-43(20-32-50)17-25-48-36-52(47-29-27-46(28-30-47)45-23-15-39(5)16-24-45)49(35-40(48)6)26-18-44-21-33-51(34-22-44)54-38-42(10-4)14-12-8-2/h15-36,41-42H,7-14,37-38H2,1-6H3. The molecule has 54 heavy (non-hydrogen) atoms. The van der Waals surface area contributed by atoms with Crippen LogP contribution in [0, 0.1) is 25.7 Å². The predicted octanol–water partition coefficient (Wildman–Crippen LogP) is 15.2. The molecule has 0 heterocycles. The van der Waals surface area contributed by atoms with E-state index in [0.717, 1.165) is 48.7 Å². The largest absolute Gasteiger partial charge is 0.493 e. The highest BCUT2D eigenvalue weighted by atomic mass is 16.5. The second-order valence-electron chi connectivity index (χ2n) is 15.0. The highest BCUT2D eigenvalue weighted by molar-refractivity contribution is 5.85. The molecule has 0 aliphatic carbocycles. The Morgan fingerprint density at radius 1 is 0.481 bits per heavy atom. The Morgan fingerprint density at radius 3 is 1.39 bits per heavy atom. The van der Waals surface area contributed by atoms with E-state index >= 15 is 0 Å². The summed E-state index contributed by atoms with van der Waals surface area (Å²) in [6, 6.07) is 39.4. The Hall–Kier alpha value is -4.82. The summed E-state index contributed by atoms with van der Waals surface area (Å²) in [7, 11) is 0. The first-order chi connectivity index (χ1) is 26.4. The first-order valence-electron chi connectivity index (χ1n) is 20.5. The van der Waals surface area contributed by atoms with Gasteiger partial charge in [-0.05, 0) is 119 Å². The van der Waals surface area contributed by atoms with E-state index < -0.39 is 0 Å². The smallest absolute Gasteiger partial charge is 0.119 e. The van der Waals surface area contributed by atoms with Crippen LogP contribution >= 0.6 is 0 Å². The van der Waals surface area contributed by atoms with Crippen molar-refractivity contribution in [1.29, 1.82) is 0 Å². The maximum absolute atomic E-state index is 6.19. The Morgan fingerprint density at radius 2 is 0.926 bits per heavy atom. The molecule has 2 unspecified atom stereocenters. The molecule has 5 aromatic carbocycles. The number of ether oxygens (including phenoxy) is 2. The summed E-state index contributed by atoms with van der Waals surface area (Å²) in [4.78, 5) is 0. The zero-order valence-electron chi connectivity index (χ0n) is 33.7. The molecule has 0 spiro atoms. The minimum Gasteiger partial charge on any atom is -0.493 e. The predicted molar refractivity (Wildman–Crippen MR) is 235 cm³/mol. The highest BCUT2D eigenvalue weighted by Crippen LogP contribution is 2.32. The van der Waals surface area contributed by atoms with E-state index in [9.17, 15) is 0 Å².